The highest BCUT2D eigenvalue weighted by Gasteiger charge is 2.28. The zero-order chi connectivity index (χ0) is 26.6. The second kappa shape index (κ2) is 11.4. The molecule has 0 bridgehead atoms. The molecular formula is C29H26F6O2. The molecule has 3 aromatic carbocycles. The molecule has 0 radical (unpaired) electrons. The predicted molar refractivity (Wildman–Crippen MR) is 129 cm³/mol. The zero-order valence-electron chi connectivity index (χ0n) is 20.1. The Morgan fingerprint density at radius 3 is 2.22 bits per heavy atom. The molecule has 1 aliphatic heterocycles. The summed E-state index contributed by atoms with van der Waals surface area (Å²) in [5.41, 5.74) is 0.932. The van der Waals surface area contributed by atoms with Gasteiger partial charge in [-0.3, -0.25) is 0 Å². The van der Waals surface area contributed by atoms with E-state index in [0.29, 0.717) is 35.8 Å². The van der Waals surface area contributed by atoms with Crippen molar-refractivity contribution in [1.82, 2.24) is 0 Å². The third-order valence-corrected chi connectivity index (χ3v) is 6.33. The van der Waals surface area contributed by atoms with Gasteiger partial charge < -0.3 is 9.47 Å². The average Bonchev–Trinajstić information content (AvgIpc) is 2.87. The highest BCUT2D eigenvalue weighted by Crippen LogP contribution is 2.33. The van der Waals surface area contributed by atoms with Crippen molar-refractivity contribution in [3.63, 3.8) is 0 Å². The molecule has 1 heterocycles. The third-order valence-electron chi connectivity index (χ3n) is 6.33. The molecule has 8 heteroatoms. The summed E-state index contributed by atoms with van der Waals surface area (Å²) >= 11 is 0. The molecule has 0 saturated carbocycles. The van der Waals surface area contributed by atoms with E-state index >= 15 is 0 Å². The Labute approximate surface area is 211 Å². The van der Waals surface area contributed by atoms with E-state index in [1.807, 2.05) is 12.1 Å². The van der Waals surface area contributed by atoms with E-state index in [-0.39, 0.29) is 17.2 Å². The van der Waals surface area contributed by atoms with Crippen LogP contribution in [0, 0.1) is 29.2 Å². The first-order chi connectivity index (χ1) is 17.6. The van der Waals surface area contributed by atoms with Crippen LogP contribution in [0.2, 0.25) is 0 Å². The van der Waals surface area contributed by atoms with Gasteiger partial charge in [0.15, 0.2) is 17.5 Å². The van der Waals surface area contributed by atoms with Gasteiger partial charge in [0.05, 0.1) is 12.7 Å². The number of benzene rings is 3. The van der Waals surface area contributed by atoms with Crippen molar-refractivity contribution in [3.8, 4) is 16.9 Å². The largest absolute Gasteiger partial charge is 0.429 e. The molecule has 196 valence electrons. The minimum atomic E-state index is -3.76. The van der Waals surface area contributed by atoms with Crippen LogP contribution in [0.25, 0.3) is 17.2 Å². The number of hydrogen-bond donors (Lipinski definition) is 0. The van der Waals surface area contributed by atoms with Gasteiger partial charge in [0.25, 0.3) is 0 Å². The van der Waals surface area contributed by atoms with Crippen LogP contribution in [0.1, 0.15) is 49.8 Å². The fourth-order valence-corrected chi connectivity index (χ4v) is 4.42. The van der Waals surface area contributed by atoms with Crippen LogP contribution in [0.3, 0.4) is 0 Å². The first-order valence-corrected chi connectivity index (χ1v) is 12.1. The summed E-state index contributed by atoms with van der Waals surface area (Å²) in [6.45, 7) is 2.88. The fourth-order valence-electron chi connectivity index (χ4n) is 4.42. The van der Waals surface area contributed by atoms with Crippen LogP contribution >= 0.6 is 0 Å². The van der Waals surface area contributed by atoms with Gasteiger partial charge in [-0.1, -0.05) is 37.6 Å². The molecule has 2 atom stereocenters. The molecule has 1 saturated heterocycles. The van der Waals surface area contributed by atoms with Crippen LogP contribution in [0.15, 0.2) is 60.7 Å². The lowest BCUT2D eigenvalue weighted by Crippen LogP contribution is -2.21. The monoisotopic (exact) mass is 520 g/mol. The molecule has 37 heavy (non-hydrogen) atoms. The van der Waals surface area contributed by atoms with Gasteiger partial charge in [0.1, 0.15) is 11.6 Å². The molecule has 0 spiro atoms. The Morgan fingerprint density at radius 1 is 0.919 bits per heavy atom. The topological polar surface area (TPSA) is 18.5 Å². The minimum Gasteiger partial charge on any atom is -0.429 e. The maximum Gasteiger partial charge on any atom is 0.419 e. The van der Waals surface area contributed by atoms with Gasteiger partial charge in [-0.2, -0.15) is 8.78 Å². The van der Waals surface area contributed by atoms with E-state index in [2.05, 4.69) is 11.7 Å². The van der Waals surface area contributed by atoms with Crippen LogP contribution in [0.4, 0.5) is 26.3 Å². The lowest BCUT2D eigenvalue weighted by Gasteiger charge is -2.29. The fraction of sp³-hybridized carbons (Fsp3) is 0.310. The number of halogens is 6. The normalized spacial score (nSPS) is 18.4. The van der Waals surface area contributed by atoms with Crippen molar-refractivity contribution >= 4 is 6.08 Å². The van der Waals surface area contributed by atoms with Gasteiger partial charge >= 0.3 is 6.11 Å². The quantitative estimate of drug-likeness (QED) is 0.218. The lowest BCUT2D eigenvalue weighted by molar-refractivity contribution is -0.131. The number of ether oxygens (including phenoxy) is 2. The molecule has 0 N–H and O–H groups in total. The third kappa shape index (κ3) is 6.74. The predicted octanol–water partition coefficient (Wildman–Crippen LogP) is 8.86. The minimum absolute atomic E-state index is 0.00308. The van der Waals surface area contributed by atoms with Crippen LogP contribution in [-0.4, -0.2) is 12.7 Å². The summed E-state index contributed by atoms with van der Waals surface area (Å²) in [6, 6.07) is 11.1. The summed E-state index contributed by atoms with van der Waals surface area (Å²) in [4.78, 5) is 0. The molecule has 4 rings (SSSR count). The van der Waals surface area contributed by atoms with Crippen molar-refractivity contribution in [3.05, 3.63) is 95.1 Å². The SMILES string of the molecule is CCCC1CCC(c2ccc(/C=C/C(F)(F)Oc3ccc(-c4cc(F)c(F)c(F)c4)c(F)c3)cc2)OC1. The van der Waals surface area contributed by atoms with Crippen LogP contribution < -0.4 is 4.74 Å². The summed E-state index contributed by atoms with van der Waals surface area (Å²) in [7, 11) is 0. The standard InChI is InChI=1S/C29H26F6O2/c1-2-3-19-6-11-27(36-17-19)20-7-4-18(5-8-20)12-13-29(34,35)37-22-9-10-23(24(30)16-22)21-14-25(31)28(33)26(32)15-21/h4-5,7-10,12-16,19,27H,2-3,6,11,17H2,1H3/b13-12+. The second-order valence-electron chi connectivity index (χ2n) is 9.11. The molecule has 0 amide bonds. The summed E-state index contributed by atoms with van der Waals surface area (Å²) in [5, 5.41) is 0. The smallest absolute Gasteiger partial charge is 0.419 e. The molecule has 2 nitrogen and oxygen atoms in total. The van der Waals surface area contributed by atoms with Gasteiger partial charge in [-0.15, -0.1) is 0 Å². The first-order valence-electron chi connectivity index (χ1n) is 12.1. The van der Waals surface area contributed by atoms with Gasteiger partial charge in [0.2, 0.25) is 0 Å². The lowest BCUT2D eigenvalue weighted by atomic mass is 9.91. The first kappa shape index (κ1) is 26.8. The summed E-state index contributed by atoms with van der Waals surface area (Å²) in [6.07, 6.45) is 2.28. The highest BCUT2D eigenvalue weighted by atomic mass is 19.3. The zero-order valence-corrected chi connectivity index (χ0v) is 20.1. The summed E-state index contributed by atoms with van der Waals surface area (Å²) in [5.74, 6) is -5.65. The molecule has 0 aromatic heterocycles. The van der Waals surface area contributed by atoms with Gasteiger partial charge in [-0.25, -0.2) is 17.6 Å². The Kier molecular flexibility index (Phi) is 8.27. The Morgan fingerprint density at radius 2 is 1.62 bits per heavy atom. The molecule has 1 aliphatic rings. The van der Waals surface area contributed by atoms with Crippen LogP contribution in [-0.2, 0) is 4.74 Å². The number of alkyl halides is 2. The average molecular weight is 521 g/mol. The van der Waals surface area contributed by atoms with E-state index in [1.54, 1.807) is 12.1 Å². The van der Waals surface area contributed by atoms with E-state index in [4.69, 9.17) is 4.74 Å². The maximum atomic E-state index is 14.5. The van der Waals surface area contributed by atoms with Gasteiger partial charge in [-0.05, 0) is 72.2 Å². The number of hydrogen-bond acceptors (Lipinski definition) is 2. The van der Waals surface area contributed by atoms with E-state index in [1.165, 1.54) is 6.08 Å². The van der Waals surface area contributed by atoms with Crippen molar-refractivity contribution in [2.75, 3.05) is 6.61 Å². The highest BCUT2D eigenvalue weighted by molar-refractivity contribution is 5.65. The van der Waals surface area contributed by atoms with E-state index in [9.17, 15) is 26.3 Å². The molecule has 0 aliphatic carbocycles. The van der Waals surface area contributed by atoms with Crippen molar-refractivity contribution in [2.45, 2.75) is 44.8 Å². The number of rotatable bonds is 8. The molecule has 1 fully saturated rings. The van der Waals surface area contributed by atoms with Crippen molar-refractivity contribution in [1.29, 1.82) is 0 Å². The Bertz CT molecular complexity index is 1220. The molecular weight excluding hydrogens is 494 g/mol. The Hall–Kier alpha value is -3.26. The van der Waals surface area contributed by atoms with E-state index < -0.39 is 35.1 Å². The van der Waals surface area contributed by atoms with Crippen molar-refractivity contribution in [2.24, 2.45) is 5.92 Å². The molecule has 2 unspecified atom stereocenters. The molecule has 3 aromatic rings. The Balaban J connectivity index is 1.39. The maximum absolute atomic E-state index is 14.5. The van der Waals surface area contributed by atoms with Crippen molar-refractivity contribution < 1.29 is 35.8 Å². The van der Waals surface area contributed by atoms with E-state index in [0.717, 1.165) is 50.0 Å². The van der Waals surface area contributed by atoms with Gasteiger partial charge in [0, 0.05) is 17.7 Å². The second-order valence-corrected chi connectivity index (χ2v) is 9.11. The summed E-state index contributed by atoms with van der Waals surface area (Å²) < 4.78 is 93.9. The van der Waals surface area contributed by atoms with Crippen LogP contribution in [0.5, 0.6) is 5.75 Å².